The van der Waals surface area contributed by atoms with Gasteiger partial charge in [-0.3, -0.25) is 14.9 Å². The predicted molar refractivity (Wildman–Crippen MR) is 74.4 cm³/mol. The summed E-state index contributed by atoms with van der Waals surface area (Å²) in [6.07, 6.45) is 1.86. The molecule has 20 heavy (non-hydrogen) atoms. The van der Waals surface area contributed by atoms with Crippen LogP contribution in [0.4, 0.5) is 0 Å². The number of halogens is 1. The van der Waals surface area contributed by atoms with Crippen molar-refractivity contribution in [1.82, 2.24) is 5.32 Å². The van der Waals surface area contributed by atoms with Crippen molar-refractivity contribution in [1.29, 1.82) is 0 Å². The number of nitrogens with one attached hydrogen (secondary N) is 1. The van der Waals surface area contributed by atoms with Crippen LogP contribution in [0, 0.1) is 5.41 Å². The molecule has 2 amide bonds. The maximum atomic E-state index is 12.4. The Morgan fingerprint density at radius 1 is 1.15 bits per heavy atom. The van der Waals surface area contributed by atoms with E-state index in [0.717, 1.165) is 18.4 Å². The van der Waals surface area contributed by atoms with Crippen molar-refractivity contribution < 1.29 is 14.3 Å². The van der Waals surface area contributed by atoms with Gasteiger partial charge in [-0.2, -0.15) is 0 Å². The van der Waals surface area contributed by atoms with Gasteiger partial charge in [-0.25, -0.2) is 0 Å². The molecule has 1 N–H and O–H groups in total. The second-order valence-electron chi connectivity index (χ2n) is 5.55. The molecule has 1 aromatic rings. The predicted octanol–water partition coefficient (Wildman–Crippen LogP) is 2.27. The summed E-state index contributed by atoms with van der Waals surface area (Å²) in [5.74, 6) is -0.686. The van der Waals surface area contributed by atoms with Gasteiger partial charge in [-0.05, 0) is 36.0 Å². The summed E-state index contributed by atoms with van der Waals surface area (Å²) in [5, 5.41) is 3.10. The van der Waals surface area contributed by atoms with Crippen molar-refractivity contribution >= 4 is 23.4 Å². The van der Waals surface area contributed by atoms with Gasteiger partial charge in [0.25, 0.3) is 0 Å². The molecule has 2 heterocycles. The van der Waals surface area contributed by atoms with Gasteiger partial charge in [0, 0.05) is 24.7 Å². The molecule has 2 fully saturated rings. The van der Waals surface area contributed by atoms with Crippen LogP contribution < -0.4 is 5.32 Å². The highest BCUT2D eigenvalue weighted by atomic mass is 35.5. The Morgan fingerprint density at radius 2 is 1.80 bits per heavy atom. The van der Waals surface area contributed by atoms with E-state index in [1.54, 1.807) is 12.1 Å². The molecular formula is C15H16ClNO3. The molecule has 0 bridgehead atoms. The second-order valence-corrected chi connectivity index (χ2v) is 5.98. The smallest absolute Gasteiger partial charge is 0.234 e. The average molecular weight is 294 g/mol. The quantitative estimate of drug-likeness (QED) is 0.808. The molecule has 1 atom stereocenters. The van der Waals surface area contributed by atoms with Gasteiger partial charge in [0.05, 0.1) is 5.92 Å². The molecule has 1 spiro atoms. The third-order valence-electron chi connectivity index (χ3n) is 4.34. The first-order valence-electron chi connectivity index (χ1n) is 6.78. The number of carbonyl (C=O) groups is 2. The standard InChI is InChI=1S/C15H16ClNO3/c16-11-3-1-10(2-4-11)13-14(19)17-12(18)9-15(13)5-7-20-8-6-15/h1-4,13H,5-9H2,(H,17,18,19). The van der Waals surface area contributed by atoms with Gasteiger partial charge in [0.15, 0.2) is 0 Å². The molecule has 0 radical (unpaired) electrons. The summed E-state index contributed by atoms with van der Waals surface area (Å²) in [7, 11) is 0. The first kappa shape index (κ1) is 13.6. The molecule has 0 aliphatic carbocycles. The van der Waals surface area contributed by atoms with E-state index >= 15 is 0 Å². The van der Waals surface area contributed by atoms with Crippen LogP contribution in [-0.2, 0) is 14.3 Å². The number of benzene rings is 1. The fraction of sp³-hybridized carbons (Fsp3) is 0.467. The lowest BCUT2D eigenvalue weighted by Crippen LogP contribution is -2.52. The summed E-state index contributed by atoms with van der Waals surface area (Å²) in [5.41, 5.74) is 0.604. The minimum atomic E-state index is -0.314. The van der Waals surface area contributed by atoms with Crippen LogP contribution in [0.15, 0.2) is 24.3 Å². The minimum absolute atomic E-state index is 0.179. The first-order chi connectivity index (χ1) is 9.61. The van der Waals surface area contributed by atoms with Gasteiger partial charge in [-0.15, -0.1) is 0 Å². The highest BCUT2D eigenvalue weighted by Crippen LogP contribution is 2.48. The molecule has 1 unspecified atom stereocenters. The number of rotatable bonds is 1. The summed E-state index contributed by atoms with van der Waals surface area (Å²) >= 11 is 5.91. The Morgan fingerprint density at radius 3 is 2.45 bits per heavy atom. The molecule has 2 aliphatic rings. The maximum Gasteiger partial charge on any atom is 0.234 e. The van der Waals surface area contributed by atoms with Crippen LogP contribution >= 0.6 is 11.6 Å². The monoisotopic (exact) mass is 293 g/mol. The fourth-order valence-electron chi connectivity index (χ4n) is 3.36. The van der Waals surface area contributed by atoms with Gasteiger partial charge >= 0.3 is 0 Å². The van der Waals surface area contributed by atoms with Crippen molar-refractivity contribution in [3.8, 4) is 0 Å². The molecule has 1 aromatic carbocycles. The Kier molecular flexibility index (Phi) is 3.52. The van der Waals surface area contributed by atoms with E-state index in [9.17, 15) is 9.59 Å². The highest BCUT2D eigenvalue weighted by Gasteiger charge is 2.49. The zero-order valence-electron chi connectivity index (χ0n) is 11.0. The van der Waals surface area contributed by atoms with E-state index in [0.29, 0.717) is 24.7 Å². The lowest BCUT2D eigenvalue weighted by atomic mass is 9.63. The summed E-state index contributed by atoms with van der Waals surface area (Å²) in [6, 6.07) is 7.32. The zero-order valence-corrected chi connectivity index (χ0v) is 11.8. The largest absolute Gasteiger partial charge is 0.381 e. The fourth-order valence-corrected chi connectivity index (χ4v) is 3.48. The van der Waals surface area contributed by atoms with Crippen molar-refractivity contribution in [2.75, 3.05) is 13.2 Å². The van der Waals surface area contributed by atoms with Crippen molar-refractivity contribution in [2.45, 2.75) is 25.2 Å². The highest BCUT2D eigenvalue weighted by molar-refractivity contribution is 6.30. The molecule has 0 saturated carbocycles. The minimum Gasteiger partial charge on any atom is -0.381 e. The van der Waals surface area contributed by atoms with Crippen LogP contribution in [0.25, 0.3) is 0 Å². The Labute approximate surface area is 122 Å². The average Bonchev–Trinajstić information content (AvgIpc) is 2.41. The van der Waals surface area contributed by atoms with E-state index in [1.807, 2.05) is 12.1 Å². The molecule has 106 valence electrons. The van der Waals surface area contributed by atoms with Crippen LogP contribution in [-0.4, -0.2) is 25.0 Å². The molecule has 2 aliphatic heterocycles. The molecule has 3 rings (SSSR count). The van der Waals surface area contributed by atoms with Crippen molar-refractivity contribution in [3.05, 3.63) is 34.9 Å². The van der Waals surface area contributed by atoms with Gasteiger partial charge in [0.1, 0.15) is 0 Å². The third-order valence-corrected chi connectivity index (χ3v) is 4.59. The lowest BCUT2D eigenvalue weighted by Gasteiger charge is -2.45. The van der Waals surface area contributed by atoms with Gasteiger partial charge in [0.2, 0.25) is 11.8 Å². The van der Waals surface area contributed by atoms with Gasteiger partial charge < -0.3 is 4.74 Å². The van der Waals surface area contributed by atoms with E-state index < -0.39 is 0 Å². The number of carbonyl (C=O) groups excluding carboxylic acids is 2. The SMILES string of the molecule is O=C1CC2(CCOCC2)C(c2ccc(Cl)cc2)C(=O)N1. The topological polar surface area (TPSA) is 55.4 Å². The molecule has 5 heteroatoms. The zero-order chi connectivity index (χ0) is 14.2. The van der Waals surface area contributed by atoms with E-state index in [4.69, 9.17) is 16.3 Å². The Balaban J connectivity index is 2.01. The van der Waals surface area contributed by atoms with Crippen molar-refractivity contribution in [3.63, 3.8) is 0 Å². The number of ether oxygens (including phenoxy) is 1. The number of hydrogen-bond donors (Lipinski definition) is 1. The first-order valence-corrected chi connectivity index (χ1v) is 7.15. The maximum absolute atomic E-state index is 12.4. The number of piperidine rings is 1. The summed E-state index contributed by atoms with van der Waals surface area (Å²) in [6.45, 7) is 1.20. The van der Waals surface area contributed by atoms with E-state index in [-0.39, 0.29) is 23.1 Å². The lowest BCUT2D eigenvalue weighted by molar-refractivity contribution is -0.143. The molecule has 0 aromatic heterocycles. The van der Waals surface area contributed by atoms with E-state index in [1.165, 1.54) is 0 Å². The van der Waals surface area contributed by atoms with E-state index in [2.05, 4.69) is 5.32 Å². The molecular weight excluding hydrogens is 278 g/mol. The number of amides is 2. The summed E-state index contributed by atoms with van der Waals surface area (Å²) < 4.78 is 5.41. The Bertz CT molecular complexity index is 535. The Hall–Kier alpha value is -1.39. The van der Waals surface area contributed by atoms with Crippen LogP contribution in [0.1, 0.15) is 30.7 Å². The third kappa shape index (κ3) is 2.34. The van der Waals surface area contributed by atoms with Gasteiger partial charge in [-0.1, -0.05) is 23.7 Å². The molecule has 2 saturated heterocycles. The van der Waals surface area contributed by atoms with Crippen LogP contribution in [0.5, 0.6) is 0 Å². The second kappa shape index (κ2) is 5.19. The van der Waals surface area contributed by atoms with Crippen LogP contribution in [0.3, 0.4) is 0 Å². The number of hydrogen-bond acceptors (Lipinski definition) is 3. The molecule has 4 nitrogen and oxygen atoms in total. The van der Waals surface area contributed by atoms with Crippen LogP contribution in [0.2, 0.25) is 5.02 Å². The van der Waals surface area contributed by atoms with Crippen molar-refractivity contribution in [2.24, 2.45) is 5.41 Å². The summed E-state index contributed by atoms with van der Waals surface area (Å²) in [4.78, 5) is 24.1. The normalized spacial score (nSPS) is 25.6. The number of imide groups is 1.